The van der Waals surface area contributed by atoms with Gasteiger partial charge in [0.2, 0.25) is 0 Å². The Balaban J connectivity index is 1.07. The molecule has 0 radical (unpaired) electrons. The molecule has 4 aliphatic heterocycles. The Hall–Kier alpha value is -2.74. The van der Waals surface area contributed by atoms with Crippen LogP contribution in [-0.2, 0) is 67.2 Å². The molecule has 10 nitrogen and oxygen atoms in total. The van der Waals surface area contributed by atoms with E-state index in [9.17, 15) is 0 Å². The van der Waals surface area contributed by atoms with E-state index in [2.05, 4.69) is 24.3 Å². The van der Waals surface area contributed by atoms with Crippen LogP contribution in [0.3, 0.4) is 0 Å². The second kappa shape index (κ2) is 15.2. The van der Waals surface area contributed by atoms with Crippen LogP contribution in [0.5, 0.6) is 0 Å². The van der Waals surface area contributed by atoms with Gasteiger partial charge in [0.05, 0.1) is 39.1 Å². The van der Waals surface area contributed by atoms with E-state index in [1.54, 1.807) is 0 Å². The Labute approximate surface area is 288 Å². The first kappa shape index (κ1) is 34.7. The Bertz CT molecular complexity index is 1450. The van der Waals surface area contributed by atoms with E-state index >= 15 is 0 Å². The second-order valence-corrected chi connectivity index (χ2v) is 14.0. The van der Waals surface area contributed by atoms with Gasteiger partial charge >= 0.3 is 0 Å². The normalized spacial score (nSPS) is 33.2. The van der Waals surface area contributed by atoms with Crippen molar-refractivity contribution in [2.75, 3.05) is 13.2 Å². The molecule has 4 saturated heterocycles. The summed E-state index contributed by atoms with van der Waals surface area (Å²) >= 11 is 0. The number of ether oxygens (including phenoxy) is 10. The van der Waals surface area contributed by atoms with E-state index < -0.39 is 54.7 Å². The number of hydrogen-bond acceptors (Lipinski definition) is 10. The maximum absolute atomic E-state index is 6.64. The first-order valence-electron chi connectivity index (χ1n) is 17.3. The topological polar surface area (TPSA) is 92.3 Å². The summed E-state index contributed by atoms with van der Waals surface area (Å²) in [5.74, 6) is -1.60. The molecule has 4 aliphatic rings. The first-order chi connectivity index (χ1) is 23.7. The van der Waals surface area contributed by atoms with E-state index in [0.29, 0.717) is 32.8 Å². The van der Waals surface area contributed by atoms with Crippen molar-refractivity contribution in [3.05, 3.63) is 108 Å². The minimum absolute atomic E-state index is 0.191. The molecule has 0 saturated carbocycles. The van der Waals surface area contributed by atoms with Crippen LogP contribution in [0.1, 0.15) is 50.8 Å². The van der Waals surface area contributed by atoms with Gasteiger partial charge in [-0.15, -0.1) is 0 Å². The monoisotopic (exact) mass is 676 g/mol. The Kier molecular flexibility index (Phi) is 10.8. The summed E-state index contributed by atoms with van der Waals surface area (Å²) in [5, 5.41) is 0. The van der Waals surface area contributed by atoms with Crippen molar-refractivity contribution in [2.45, 2.75) is 121 Å². The van der Waals surface area contributed by atoms with E-state index in [1.807, 2.05) is 94.4 Å². The third kappa shape index (κ3) is 8.77. The molecule has 4 heterocycles. The summed E-state index contributed by atoms with van der Waals surface area (Å²) in [6.07, 6.45) is -3.64. The van der Waals surface area contributed by atoms with Crippen molar-refractivity contribution in [1.82, 2.24) is 0 Å². The summed E-state index contributed by atoms with van der Waals surface area (Å²) in [4.78, 5) is 0. The van der Waals surface area contributed by atoms with Crippen molar-refractivity contribution in [1.29, 1.82) is 0 Å². The summed E-state index contributed by atoms with van der Waals surface area (Å²) in [7, 11) is 0. The summed E-state index contributed by atoms with van der Waals surface area (Å²) in [6, 6.07) is 30.3. The van der Waals surface area contributed by atoms with Crippen LogP contribution in [-0.4, -0.2) is 80.1 Å². The van der Waals surface area contributed by atoms with Crippen molar-refractivity contribution in [3.8, 4) is 0 Å². The SMILES string of the molecule is CC1(C)OC2C3OC(C)(C)O[C@H]3C(CO[C@H]3CC(OCc4ccccc4)[C@H](OCc4ccccc4)C(COCc4ccccc4)O3)O[C@@H]2O1. The predicted molar refractivity (Wildman–Crippen MR) is 178 cm³/mol. The zero-order valence-corrected chi connectivity index (χ0v) is 28.7. The number of hydrogen-bond donors (Lipinski definition) is 0. The highest BCUT2D eigenvalue weighted by atomic mass is 16.9. The zero-order valence-electron chi connectivity index (χ0n) is 28.7. The minimum atomic E-state index is -0.802. The average molecular weight is 677 g/mol. The molecule has 0 amide bonds. The van der Waals surface area contributed by atoms with Crippen LogP contribution in [0.2, 0.25) is 0 Å². The van der Waals surface area contributed by atoms with Gasteiger partial charge < -0.3 is 47.4 Å². The van der Waals surface area contributed by atoms with Crippen LogP contribution in [0, 0.1) is 0 Å². The molecule has 7 rings (SSSR count). The molecular formula is C39H48O10. The molecule has 5 unspecified atom stereocenters. The van der Waals surface area contributed by atoms with Crippen molar-refractivity contribution in [3.63, 3.8) is 0 Å². The molecule has 0 aliphatic carbocycles. The molecule has 0 bridgehead atoms. The highest BCUT2D eigenvalue weighted by Crippen LogP contribution is 2.44. The van der Waals surface area contributed by atoms with Gasteiger partial charge in [-0.05, 0) is 44.4 Å². The molecule has 264 valence electrons. The van der Waals surface area contributed by atoms with Gasteiger partial charge in [-0.2, -0.15) is 0 Å². The number of fused-ring (bicyclic) bond motifs is 3. The van der Waals surface area contributed by atoms with Crippen LogP contribution in [0.4, 0.5) is 0 Å². The van der Waals surface area contributed by atoms with Crippen LogP contribution in [0.25, 0.3) is 0 Å². The molecular weight excluding hydrogens is 628 g/mol. The largest absolute Gasteiger partial charge is 0.374 e. The lowest BCUT2D eigenvalue weighted by atomic mass is 9.99. The van der Waals surface area contributed by atoms with Gasteiger partial charge in [-0.25, -0.2) is 0 Å². The molecule has 3 aromatic rings. The Morgan fingerprint density at radius 1 is 0.551 bits per heavy atom. The predicted octanol–water partition coefficient (Wildman–Crippen LogP) is 5.90. The van der Waals surface area contributed by atoms with Crippen LogP contribution >= 0.6 is 0 Å². The fourth-order valence-corrected chi connectivity index (χ4v) is 6.95. The van der Waals surface area contributed by atoms with E-state index in [0.717, 1.165) is 16.7 Å². The van der Waals surface area contributed by atoms with Gasteiger partial charge in [0.1, 0.15) is 36.6 Å². The van der Waals surface area contributed by atoms with E-state index in [4.69, 9.17) is 47.4 Å². The molecule has 0 aromatic heterocycles. The van der Waals surface area contributed by atoms with Gasteiger partial charge in [-0.1, -0.05) is 91.0 Å². The lowest BCUT2D eigenvalue weighted by Gasteiger charge is -2.42. The van der Waals surface area contributed by atoms with E-state index in [-0.39, 0.29) is 18.8 Å². The first-order valence-corrected chi connectivity index (χ1v) is 17.3. The third-order valence-electron chi connectivity index (χ3n) is 9.17. The molecule has 9 atom stereocenters. The van der Waals surface area contributed by atoms with Gasteiger partial charge in [0, 0.05) is 6.42 Å². The molecule has 0 N–H and O–H groups in total. The smallest absolute Gasteiger partial charge is 0.190 e. The molecule has 0 spiro atoms. The second-order valence-electron chi connectivity index (χ2n) is 14.0. The summed E-state index contributed by atoms with van der Waals surface area (Å²) in [5.41, 5.74) is 3.22. The standard InChI is InChI=1S/C39H48O10/c1-38(2)46-34-31(45-37-36(35(34)47-38)48-39(3,4)49-37)25-42-32-20-29(41-22-27-16-10-6-11-17-27)33(43-23-28-18-12-7-13-19-28)30(44-32)24-40-21-26-14-8-5-9-15-26/h5-19,29-37H,20-25H2,1-4H3/t29?,30?,31?,32-,33+,34+,35?,36?,37-/m1/s1. The Morgan fingerprint density at radius 3 is 1.76 bits per heavy atom. The third-order valence-corrected chi connectivity index (χ3v) is 9.17. The maximum atomic E-state index is 6.64. The van der Waals surface area contributed by atoms with E-state index in [1.165, 1.54) is 0 Å². The van der Waals surface area contributed by atoms with Crippen LogP contribution < -0.4 is 0 Å². The lowest BCUT2D eigenvalue weighted by molar-refractivity contribution is -0.296. The number of benzene rings is 3. The minimum Gasteiger partial charge on any atom is -0.374 e. The van der Waals surface area contributed by atoms with Crippen molar-refractivity contribution < 1.29 is 47.4 Å². The zero-order chi connectivity index (χ0) is 33.8. The molecule has 4 fully saturated rings. The van der Waals surface area contributed by atoms with Crippen molar-refractivity contribution >= 4 is 0 Å². The summed E-state index contributed by atoms with van der Waals surface area (Å²) in [6.45, 7) is 9.30. The quantitative estimate of drug-likeness (QED) is 0.218. The van der Waals surface area contributed by atoms with Crippen LogP contribution in [0.15, 0.2) is 91.0 Å². The van der Waals surface area contributed by atoms with Crippen molar-refractivity contribution in [2.24, 2.45) is 0 Å². The fourth-order valence-electron chi connectivity index (χ4n) is 6.95. The Morgan fingerprint density at radius 2 is 1.10 bits per heavy atom. The highest BCUT2D eigenvalue weighted by molar-refractivity contribution is 5.15. The number of rotatable bonds is 13. The average Bonchev–Trinajstić information content (AvgIpc) is 3.60. The molecule has 49 heavy (non-hydrogen) atoms. The fraction of sp³-hybridized carbons (Fsp3) is 0.538. The summed E-state index contributed by atoms with van der Waals surface area (Å²) < 4.78 is 63.9. The van der Waals surface area contributed by atoms with Gasteiger partial charge in [0.25, 0.3) is 0 Å². The maximum Gasteiger partial charge on any atom is 0.190 e. The van der Waals surface area contributed by atoms with Gasteiger partial charge in [0.15, 0.2) is 24.2 Å². The lowest BCUT2D eigenvalue weighted by Crippen LogP contribution is -2.57. The van der Waals surface area contributed by atoms with Gasteiger partial charge in [-0.3, -0.25) is 0 Å². The molecule has 3 aromatic carbocycles. The highest BCUT2D eigenvalue weighted by Gasteiger charge is 2.60. The molecule has 10 heteroatoms.